The number of hydrogen-bond acceptors (Lipinski definition) is 4. The molecule has 0 aliphatic carbocycles. The molecule has 0 unspecified atom stereocenters. The van der Waals surface area contributed by atoms with Crippen molar-refractivity contribution >= 4 is 59.1 Å². The van der Waals surface area contributed by atoms with Gasteiger partial charge in [-0.2, -0.15) is 0 Å². The maximum Gasteiger partial charge on any atom is 0.292 e. The van der Waals surface area contributed by atoms with Crippen LogP contribution >= 0.6 is 31.9 Å². The Morgan fingerprint density at radius 1 is 1.15 bits per heavy atom. The van der Waals surface area contributed by atoms with Gasteiger partial charge in [0.25, 0.3) is 5.97 Å². The summed E-state index contributed by atoms with van der Waals surface area (Å²) >= 11 is 6.79. The Morgan fingerprint density at radius 2 is 1.70 bits per heavy atom. The number of hydrogen-bond donors (Lipinski definition) is 0. The molecule has 112 valence electrons. The second-order valence-corrected chi connectivity index (χ2v) is 7.58. The van der Waals surface area contributed by atoms with E-state index in [1.54, 1.807) is 6.07 Å². The number of carbonyl (C=O) groups excluding carboxylic acids is 1. The first kappa shape index (κ1) is 18.2. The molecule has 0 spiro atoms. The number of aldehydes is 1. The highest BCUT2D eigenvalue weighted by Crippen LogP contribution is 2.39. The first-order valence-electron chi connectivity index (χ1n) is 5.95. The van der Waals surface area contributed by atoms with Gasteiger partial charge in [-0.05, 0) is 48.8 Å². The third-order valence-electron chi connectivity index (χ3n) is 2.55. The number of rotatable bonds is 5. The van der Waals surface area contributed by atoms with Gasteiger partial charge in [-0.3, -0.25) is 4.79 Å². The topological polar surface area (TPSA) is 44.8 Å². The van der Waals surface area contributed by atoms with Gasteiger partial charge in [0.15, 0.2) is 27.3 Å². The summed E-state index contributed by atoms with van der Waals surface area (Å²) in [6.45, 7) is 5.78. The summed E-state index contributed by atoms with van der Waals surface area (Å²) in [5.41, 5.74) is 0.701. The average molecular weight is 442 g/mol. The van der Waals surface area contributed by atoms with Crippen LogP contribution in [0.1, 0.15) is 36.7 Å². The maximum absolute atomic E-state index is 11.2. The van der Waals surface area contributed by atoms with Crippen LogP contribution in [-0.4, -0.2) is 32.9 Å². The van der Waals surface area contributed by atoms with Gasteiger partial charge in [-0.25, -0.2) is 0 Å². The molecule has 0 saturated carbocycles. The summed E-state index contributed by atoms with van der Waals surface area (Å²) in [4.78, 5) is 11.2. The van der Waals surface area contributed by atoms with Crippen molar-refractivity contribution in [3.63, 3.8) is 0 Å². The van der Waals surface area contributed by atoms with Crippen LogP contribution in [0.25, 0.3) is 0 Å². The summed E-state index contributed by atoms with van der Waals surface area (Å²) in [5, 5.41) is 0. The first-order valence-corrected chi connectivity index (χ1v) is 9.17. The molecule has 1 rings (SSSR count). The van der Waals surface area contributed by atoms with Crippen LogP contribution in [-0.2, 0) is 19.6 Å². The lowest BCUT2D eigenvalue weighted by Gasteiger charge is -2.38. The molecule has 1 aromatic carbocycles. The van der Waals surface area contributed by atoms with Gasteiger partial charge < -0.3 is 13.6 Å². The lowest BCUT2D eigenvalue weighted by atomic mass is 10.1. The zero-order valence-electron chi connectivity index (χ0n) is 12.1. The largest absolute Gasteiger partial charge is 0.377 e. The normalized spacial score (nSPS) is 15.2. The van der Waals surface area contributed by atoms with Gasteiger partial charge in [0.05, 0.1) is 11.2 Å². The van der Waals surface area contributed by atoms with Crippen LogP contribution in [0.5, 0.6) is 0 Å². The van der Waals surface area contributed by atoms with Crippen LogP contribution in [0.4, 0.5) is 0 Å². The highest BCUT2D eigenvalue weighted by molar-refractivity contribution is 9.11. The highest BCUT2D eigenvalue weighted by atomic mass is 79.9. The standard InChI is InChI=1S/C12H18Br2O4Si2/c1-11(2,3)16-12(17-19,18-20)8-4-5-9(13)7(6-15)10(8)14/h4-6H,1-3,19-20H3. The Balaban J connectivity index is 3.47. The summed E-state index contributed by atoms with van der Waals surface area (Å²) in [6.07, 6.45) is 0.777. The average Bonchev–Trinajstić information content (AvgIpc) is 2.36. The fourth-order valence-corrected chi connectivity index (χ4v) is 4.40. The van der Waals surface area contributed by atoms with E-state index in [-0.39, 0.29) is 0 Å². The van der Waals surface area contributed by atoms with Crippen molar-refractivity contribution in [3.8, 4) is 0 Å². The predicted molar refractivity (Wildman–Crippen MR) is 91.8 cm³/mol. The van der Waals surface area contributed by atoms with Crippen molar-refractivity contribution in [3.05, 3.63) is 32.2 Å². The number of carbonyl (C=O) groups is 1. The molecule has 0 aliphatic rings. The summed E-state index contributed by atoms with van der Waals surface area (Å²) in [7, 11) is 0.861. The lowest BCUT2D eigenvalue weighted by Crippen LogP contribution is -2.42. The zero-order valence-corrected chi connectivity index (χ0v) is 19.3. The molecule has 0 heterocycles. The van der Waals surface area contributed by atoms with E-state index in [0.29, 0.717) is 41.0 Å². The molecule has 0 atom stereocenters. The molecule has 0 bridgehead atoms. The molecule has 0 N–H and O–H groups in total. The molecule has 4 nitrogen and oxygen atoms in total. The molecule has 20 heavy (non-hydrogen) atoms. The van der Waals surface area contributed by atoms with Crippen molar-refractivity contribution in [1.82, 2.24) is 0 Å². The van der Waals surface area contributed by atoms with Gasteiger partial charge in [-0.15, -0.1) is 0 Å². The molecule has 0 saturated heterocycles. The van der Waals surface area contributed by atoms with E-state index in [4.69, 9.17) is 13.6 Å². The van der Waals surface area contributed by atoms with Crippen molar-refractivity contribution in [2.45, 2.75) is 32.3 Å². The van der Waals surface area contributed by atoms with Crippen LogP contribution < -0.4 is 0 Å². The van der Waals surface area contributed by atoms with Crippen LogP contribution in [0, 0.1) is 0 Å². The van der Waals surface area contributed by atoms with Crippen molar-refractivity contribution in [1.29, 1.82) is 0 Å². The molecule has 0 fully saturated rings. The van der Waals surface area contributed by atoms with E-state index in [1.165, 1.54) is 0 Å². The fourth-order valence-electron chi connectivity index (χ4n) is 1.76. The highest BCUT2D eigenvalue weighted by Gasteiger charge is 2.39. The Hall–Kier alpha value is 0.164. The van der Waals surface area contributed by atoms with Crippen molar-refractivity contribution in [2.75, 3.05) is 0 Å². The Bertz CT molecular complexity index is 499. The second kappa shape index (κ2) is 6.95. The number of halogens is 2. The van der Waals surface area contributed by atoms with Gasteiger partial charge in [0.2, 0.25) is 0 Å². The van der Waals surface area contributed by atoms with E-state index in [1.807, 2.05) is 26.8 Å². The molecule has 0 amide bonds. The Morgan fingerprint density at radius 3 is 2.10 bits per heavy atom. The molecule has 1 aromatic rings. The monoisotopic (exact) mass is 440 g/mol. The molecule has 0 aromatic heterocycles. The maximum atomic E-state index is 11.2. The minimum Gasteiger partial charge on any atom is -0.377 e. The number of benzene rings is 1. The summed E-state index contributed by atoms with van der Waals surface area (Å²) in [5.74, 6) is -1.27. The minimum absolute atomic E-state index is 0.431. The molecule has 0 radical (unpaired) electrons. The van der Waals surface area contributed by atoms with Gasteiger partial charge >= 0.3 is 0 Å². The summed E-state index contributed by atoms with van der Waals surface area (Å²) < 4.78 is 18.6. The SMILES string of the molecule is CC(C)(C)OC(O[SiH3])(O[SiH3])c1ccc(Br)c(C=O)c1Br. The van der Waals surface area contributed by atoms with E-state index >= 15 is 0 Å². The van der Waals surface area contributed by atoms with E-state index < -0.39 is 11.6 Å². The van der Waals surface area contributed by atoms with E-state index in [0.717, 1.165) is 6.29 Å². The molecule has 8 heteroatoms. The van der Waals surface area contributed by atoms with Crippen LogP contribution in [0.3, 0.4) is 0 Å². The molecular formula is C12H18Br2O4Si2. The van der Waals surface area contributed by atoms with Crippen molar-refractivity contribution in [2.24, 2.45) is 0 Å². The smallest absolute Gasteiger partial charge is 0.292 e. The number of ether oxygens (including phenoxy) is 1. The van der Waals surface area contributed by atoms with Gasteiger partial charge in [0.1, 0.15) is 0 Å². The quantitative estimate of drug-likeness (QED) is 0.395. The zero-order chi connectivity index (χ0) is 15.6. The third-order valence-corrected chi connectivity index (χ3v) is 5.17. The first-order chi connectivity index (χ1) is 9.20. The minimum atomic E-state index is -1.27. The predicted octanol–water partition coefficient (Wildman–Crippen LogP) is 1.54. The third kappa shape index (κ3) is 3.87. The summed E-state index contributed by atoms with van der Waals surface area (Å²) in [6, 6.07) is 3.61. The van der Waals surface area contributed by atoms with E-state index in [2.05, 4.69) is 31.9 Å². The van der Waals surface area contributed by atoms with Crippen LogP contribution in [0.15, 0.2) is 21.1 Å². The lowest BCUT2D eigenvalue weighted by molar-refractivity contribution is -0.348. The van der Waals surface area contributed by atoms with Crippen LogP contribution in [0.2, 0.25) is 0 Å². The van der Waals surface area contributed by atoms with E-state index in [9.17, 15) is 4.79 Å². The van der Waals surface area contributed by atoms with Crippen molar-refractivity contribution < 1.29 is 18.4 Å². The second-order valence-electron chi connectivity index (χ2n) is 5.12. The molecule has 0 aliphatic heterocycles. The fraction of sp³-hybridized carbons (Fsp3) is 0.417. The molecular weight excluding hydrogens is 424 g/mol. The Labute approximate surface area is 141 Å². The van der Waals surface area contributed by atoms with Gasteiger partial charge in [-0.1, -0.05) is 15.9 Å². The Kier molecular flexibility index (Phi) is 6.33. The van der Waals surface area contributed by atoms with Gasteiger partial charge in [0, 0.05) is 14.5 Å².